The Kier molecular flexibility index (Phi) is 6.53. The minimum absolute atomic E-state index is 0.00436. The van der Waals surface area contributed by atoms with E-state index in [1.54, 1.807) is 12.2 Å². The van der Waals surface area contributed by atoms with E-state index in [-0.39, 0.29) is 29.3 Å². The van der Waals surface area contributed by atoms with Gasteiger partial charge < -0.3 is 30.0 Å². The standard InChI is InChI=1S/C34H40N2O6/c1-32-10-8-24(38)13-23(32)6-7-25-26-14-29-34(28(40)19-37,33(26,2)15-27(39)30(25)32)42-31(41-29)22-9-11-36(18-22)17-21-5-3-4-20(12-21)16-35/h3-5,8-13,18,25-27,29-31,37,39H,6-7,14-17,19,35H2,1-2H3/t25-,26-,27-,29+,30+,31+,32-,33-,34+/m0/s1. The van der Waals surface area contributed by atoms with Crippen LogP contribution < -0.4 is 5.73 Å². The van der Waals surface area contributed by atoms with E-state index in [1.807, 2.05) is 36.7 Å². The van der Waals surface area contributed by atoms with Gasteiger partial charge in [-0.25, -0.2) is 0 Å². The summed E-state index contributed by atoms with van der Waals surface area (Å²) in [7, 11) is 0. The van der Waals surface area contributed by atoms with E-state index in [9.17, 15) is 19.8 Å². The van der Waals surface area contributed by atoms with E-state index in [4.69, 9.17) is 15.2 Å². The van der Waals surface area contributed by atoms with Gasteiger partial charge in [-0.1, -0.05) is 49.8 Å². The number of carbonyl (C=O) groups excluding carboxylic acids is 2. The third-order valence-electron chi connectivity index (χ3n) is 11.4. The van der Waals surface area contributed by atoms with Gasteiger partial charge in [0.2, 0.25) is 0 Å². The molecule has 0 bridgehead atoms. The number of ketones is 2. The van der Waals surface area contributed by atoms with Gasteiger partial charge in [-0.15, -0.1) is 0 Å². The highest BCUT2D eigenvalue weighted by molar-refractivity contribution is 6.01. The number of aliphatic hydroxyl groups is 2. The molecule has 4 aliphatic carbocycles. The van der Waals surface area contributed by atoms with Crippen molar-refractivity contribution in [2.75, 3.05) is 6.61 Å². The summed E-state index contributed by atoms with van der Waals surface area (Å²) in [5.74, 6) is -0.248. The summed E-state index contributed by atoms with van der Waals surface area (Å²) in [4.78, 5) is 25.9. The van der Waals surface area contributed by atoms with Gasteiger partial charge in [0.15, 0.2) is 23.5 Å². The number of aromatic nitrogens is 1. The number of hydrogen-bond donors (Lipinski definition) is 3. The first-order valence-electron chi connectivity index (χ1n) is 15.2. The summed E-state index contributed by atoms with van der Waals surface area (Å²) in [6.45, 7) is 4.69. The molecule has 4 fully saturated rings. The number of hydrogen-bond acceptors (Lipinski definition) is 7. The molecule has 222 valence electrons. The van der Waals surface area contributed by atoms with Crippen molar-refractivity contribution in [2.24, 2.45) is 34.3 Å². The fourth-order valence-electron chi connectivity index (χ4n) is 9.60. The molecule has 0 radical (unpaired) electrons. The molecule has 0 spiro atoms. The molecule has 5 aliphatic rings. The number of nitrogens with two attached hydrogens (primary N) is 1. The van der Waals surface area contributed by atoms with Crippen LogP contribution in [0.1, 0.15) is 62.5 Å². The Morgan fingerprint density at radius 1 is 1.21 bits per heavy atom. The van der Waals surface area contributed by atoms with Crippen LogP contribution in [0.25, 0.3) is 0 Å². The van der Waals surface area contributed by atoms with E-state index in [0.717, 1.165) is 35.1 Å². The Hall–Kier alpha value is -2.88. The molecule has 9 atom stereocenters. The number of fused-ring (bicyclic) bond motifs is 7. The van der Waals surface area contributed by atoms with Crippen molar-refractivity contribution in [2.45, 2.75) is 76.7 Å². The number of nitrogens with zero attached hydrogens (tertiary/aromatic N) is 1. The second-order valence-corrected chi connectivity index (χ2v) is 13.5. The SMILES string of the molecule is C[C@]12C=CC(=O)C=C1CC[C@@H]1[C@@H]2[C@@H](O)C[C@@]2(C)[C@H]1C[C@H]1O[C@@H](c3ccn(Cc4cccc(CN)c4)c3)O[C@]12C(=O)CO. The molecular weight excluding hydrogens is 532 g/mol. The summed E-state index contributed by atoms with van der Waals surface area (Å²) in [6.07, 6.45) is 9.94. The van der Waals surface area contributed by atoms with Gasteiger partial charge in [0, 0.05) is 47.8 Å². The van der Waals surface area contributed by atoms with E-state index < -0.39 is 41.5 Å². The smallest absolute Gasteiger partial charge is 0.193 e. The fraction of sp³-hybridized carbons (Fsp3) is 0.529. The van der Waals surface area contributed by atoms with Gasteiger partial charge in [0.05, 0.1) is 12.2 Å². The number of carbonyl (C=O) groups is 2. The van der Waals surface area contributed by atoms with Gasteiger partial charge in [0.1, 0.15) is 6.61 Å². The molecular formula is C34H40N2O6. The van der Waals surface area contributed by atoms with E-state index in [1.165, 1.54) is 0 Å². The monoisotopic (exact) mass is 572 g/mol. The molecule has 8 nitrogen and oxygen atoms in total. The van der Waals surface area contributed by atoms with Crippen LogP contribution in [0.2, 0.25) is 0 Å². The lowest BCUT2D eigenvalue weighted by Crippen LogP contribution is -2.63. The predicted molar refractivity (Wildman–Crippen MR) is 155 cm³/mol. The fourth-order valence-corrected chi connectivity index (χ4v) is 9.60. The highest BCUT2D eigenvalue weighted by Gasteiger charge is 2.75. The van der Waals surface area contributed by atoms with Gasteiger partial charge in [-0.2, -0.15) is 0 Å². The molecule has 2 aromatic rings. The van der Waals surface area contributed by atoms with Crippen molar-refractivity contribution in [3.05, 3.63) is 83.2 Å². The third kappa shape index (κ3) is 3.85. The minimum Gasteiger partial charge on any atom is -0.393 e. The molecule has 1 aliphatic heterocycles. The van der Waals surface area contributed by atoms with Crippen LogP contribution in [-0.4, -0.2) is 50.8 Å². The van der Waals surface area contributed by atoms with Crippen LogP contribution in [0.3, 0.4) is 0 Å². The third-order valence-corrected chi connectivity index (χ3v) is 11.4. The molecule has 0 amide bonds. The molecule has 1 saturated heterocycles. The zero-order chi connectivity index (χ0) is 29.4. The Morgan fingerprint density at radius 2 is 2.02 bits per heavy atom. The largest absolute Gasteiger partial charge is 0.393 e. The average molecular weight is 573 g/mol. The maximum absolute atomic E-state index is 13.7. The van der Waals surface area contributed by atoms with Crippen molar-refractivity contribution in [3.63, 3.8) is 0 Å². The first-order valence-corrected chi connectivity index (χ1v) is 15.2. The van der Waals surface area contributed by atoms with Gasteiger partial charge in [-0.05, 0) is 66.9 Å². The Balaban J connectivity index is 1.18. The lowest BCUT2D eigenvalue weighted by molar-refractivity contribution is -0.201. The Bertz CT molecular complexity index is 1490. The molecule has 0 unspecified atom stereocenters. The number of benzene rings is 1. The average Bonchev–Trinajstić information content (AvgIpc) is 3.65. The molecule has 7 rings (SSSR count). The molecule has 4 N–H and O–H groups in total. The topological polar surface area (TPSA) is 124 Å². The highest BCUT2D eigenvalue weighted by Crippen LogP contribution is 2.70. The molecule has 8 heteroatoms. The lowest BCUT2D eigenvalue weighted by Gasteiger charge is -2.59. The number of allylic oxidation sites excluding steroid dienone is 4. The first-order chi connectivity index (χ1) is 20.1. The molecule has 3 saturated carbocycles. The molecule has 2 heterocycles. The van der Waals surface area contributed by atoms with Gasteiger partial charge in [-0.3, -0.25) is 9.59 Å². The zero-order valence-corrected chi connectivity index (χ0v) is 24.2. The van der Waals surface area contributed by atoms with Gasteiger partial charge in [0.25, 0.3) is 0 Å². The van der Waals surface area contributed by atoms with Crippen molar-refractivity contribution in [1.29, 1.82) is 0 Å². The maximum atomic E-state index is 13.7. The molecule has 1 aromatic heterocycles. The normalized spacial score (nSPS) is 40.2. The van der Waals surface area contributed by atoms with Crippen molar-refractivity contribution in [3.8, 4) is 0 Å². The van der Waals surface area contributed by atoms with Crippen molar-refractivity contribution in [1.82, 2.24) is 4.57 Å². The summed E-state index contributed by atoms with van der Waals surface area (Å²) in [5, 5.41) is 22.0. The summed E-state index contributed by atoms with van der Waals surface area (Å²) in [5.41, 5.74) is 7.46. The second-order valence-electron chi connectivity index (χ2n) is 13.5. The molecule has 1 aromatic carbocycles. The van der Waals surface area contributed by atoms with Crippen LogP contribution in [0.5, 0.6) is 0 Å². The quantitative estimate of drug-likeness (QED) is 0.483. The van der Waals surface area contributed by atoms with Crippen LogP contribution in [-0.2, 0) is 32.2 Å². The number of rotatable bonds is 6. The lowest BCUT2D eigenvalue weighted by atomic mass is 9.46. The van der Waals surface area contributed by atoms with Crippen molar-refractivity contribution >= 4 is 11.6 Å². The zero-order valence-electron chi connectivity index (χ0n) is 24.2. The summed E-state index contributed by atoms with van der Waals surface area (Å²) in [6, 6.07) is 10.1. The van der Waals surface area contributed by atoms with Gasteiger partial charge >= 0.3 is 0 Å². The second kappa shape index (κ2) is 9.82. The van der Waals surface area contributed by atoms with Crippen LogP contribution in [0.4, 0.5) is 0 Å². The van der Waals surface area contributed by atoms with E-state index in [0.29, 0.717) is 25.9 Å². The van der Waals surface area contributed by atoms with E-state index in [2.05, 4.69) is 30.5 Å². The van der Waals surface area contributed by atoms with Crippen LogP contribution in [0.15, 0.2) is 66.5 Å². The Labute approximate surface area is 246 Å². The minimum atomic E-state index is -1.35. The van der Waals surface area contributed by atoms with E-state index >= 15 is 0 Å². The number of aliphatic hydroxyl groups excluding tert-OH is 2. The maximum Gasteiger partial charge on any atom is 0.193 e. The van der Waals surface area contributed by atoms with Crippen molar-refractivity contribution < 1.29 is 29.3 Å². The van der Waals surface area contributed by atoms with Crippen LogP contribution >= 0.6 is 0 Å². The van der Waals surface area contributed by atoms with Crippen LogP contribution in [0, 0.1) is 28.6 Å². The highest BCUT2D eigenvalue weighted by atomic mass is 16.7. The summed E-state index contributed by atoms with van der Waals surface area (Å²) < 4.78 is 15.4. The number of Topliss-reactive ketones (excluding diaryl/α,β-unsaturated/α-hetero) is 1. The molecule has 42 heavy (non-hydrogen) atoms. The summed E-state index contributed by atoms with van der Waals surface area (Å²) >= 11 is 0. The first kappa shape index (κ1) is 27.9. The predicted octanol–water partition coefficient (Wildman–Crippen LogP) is 3.60. The Morgan fingerprint density at radius 3 is 2.81 bits per heavy atom. The number of ether oxygens (including phenoxy) is 2.